The zero-order chi connectivity index (χ0) is 23.4. The van der Waals surface area contributed by atoms with Crippen LogP contribution in [0.4, 0.5) is 5.69 Å². The Bertz CT molecular complexity index is 1110. The van der Waals surface area contributed by atoms with Crippen LogP contribution in [0.3, 0.4) is 0 Å². The Kier molecular flexibility index (Phi) is 6.99. The molecule has 2 fully saturated rings. The Morgan fingerprint density at radius 3 is 2.42 bits per heavy atom. The molecule has 2 amide bonds. The smallest absolute Gasteiger partial charge is 0.253 e. The van der Waals surface area contributed by atoms with Gasteiger partial charge in [-0.1, -0.05) is 18.2 Å². The average Bonchev–Trinajstić information content (AvgIpc) is 3.40. The molecule has 1 N–H and O–H groups in total. The Balaban J connectivity index is 1.52. The van der Waals surface area contributed by atoms with Gasteiger partial charge in [0, 0.05) is 37.4 Å². The number of ether oxygens (including phenoxy) is 1. The highest BCUT2D eigenvalue weighted by atomic mass is 32.2. The molecule has 2 aliphatic heterocycles. The van der Waals surface area contributed by atoms with Crippen LogP contribution >= 0.6 is 0 Å². The molecular formula is C24H29N3O5S. The first-order chi connectivity index (χ1) is 15.9. The summed E-state index contributed by atoms with van der Waals surface area (Å²) in [6.07, 6.45) is 3.04. The third-order valence-electron chi connectivity index (χ3n) is 6.21. The van der Waals surface area contributed by atoms with E-state index in [1.54, 1.807) is 11.0 Å². The second-order valence-electron chi connectivity index (χ2n) is 8.42. The van der Waals surface area contributed by atoms with E-state index < -0.39 is 10.0 Å². The molecule has 0 aliphatic carbocycles. The van der Waals surface area contributed by atoms with E-state index in [4.69, 9.17) is 4.74 Å². The monoisotopic (exact) mass is 471 g/mol. The van der Waals surface area contributed by atoms with Crippen molar-refractivity contribution < 1.29 is 22.7 Å². The van der Waals surface area contributed by atoms with Gasteiger partial charge < -0.3 is 15.0 Å². The topological polar surface area (TPSA) is 96.0 Å². The number of piperidine rings is 1. The molecule has 2 aliphatic rings. The SMILES string of the molecule is COc1ccc(C(=O)N2CCC[C@@H](C(=O)Nc3ccccc3)C2)cc1S(=O)(=O)N1CCCC1. The van der Waals surface area contributed by atoms with Gasteiger partial charge in [-0.05, 0) is 56.0 Å². The largest absolute Gasteiger partial charge is 0.495 e. The van der Waals surface area contributed by atoms with Crippen molar-refractivity contribution in [2.24, 2.45) is 5.92 Å². The number of benzene rings is 2. The number of anilines is 1. The summed E-state index contributed by atoms with van der Waals surface area (Å²) in [5, 5.41) is 2.91. The number of hydrogen-bond donors (Lipinski definition) is 1. The second-order valence-corrected chi connectivity index (χ2v) is 10.3. The molecule has 0 saturated carbocycles. The van der Waals surface area contributed by atoms with Crippen LogP contribution in [-0.4, -0.2) is 62.7 Å². The number of nitrogens with zero attached hydrogens (tertiary/aromatic N) is 2. The number of sulfonamides is 1. The summed E-state index contributed by atoms with van der Waals surface area (Å²) in [4.78, 5) is 27.6. The molecule has 4 rings (SSSR count). The van der Waals surface area contributed by atoms with Crippen LogP contribution < -0.4 is 10.1 Å². The predicted octanol–water partition coefficient (Wildman–Crippen LogP) is 2.97. The van der Waals surface area contributed by atoms with Crippen LogP contribution in [0.1, 0.15) is 36.0 Å². The lowest BCUT2D eigenvalue weighted by Gasteiger charge is -2.32. The number of carbonyl (C=O) groups is 2. The van der Waals surface area contributed by atoms with Crippen molar-refractivity contribution in [1.82, 2.24) is 9.21 Å². The van der Waals surface area contributed by atoms with E-state index in [2.05, 4.69) is 5.32 Å². The minimum absolute atomic E-state index is 0.00753. The van der Waals surface area contributed by atoms with Gasteiger partial charge >= 0.3 is 0 Å². The van der Waals surface area contributed by atoms with Crippen molar-refractivity contribution in [3.8, 4) is 5.75 Å². The van der Waals surface area contributed by atoms with E-state index in [1.807, 2.05) is 30.3 Å². The van der Waals surface area contributed by atoms with Crippen LogP contribution in [0.25, 0.3) is 0 Å². The van der Waals surface area contributed by atoms with Crippen molar-refractivity contribution in [2.75, 3.05) is 38.6 Å². The number of para-hydroxylation sites is 1. The number of hydrogen-bond acceptors (Lipinski definition) is 5. The molecule has 8 nitrogen and oxygen atoms in total. The molecule has 2 saturated heterocycles. The van der Waals surface area contributed by atoms with E-state index in [0.29, 0.717) is 32.5 Å². The quantitative estimate of drug-likeness (QED) is 0.699. The summed E-state index contributed by atoms with van der Waals surface area (Å²) in [7, 11) is -2.34. The van der Waals surface area contributed by atoms with Gasteiger partial charge in [-0.25, -0.2) is 8.42 Å². The minimum atomic E-state index is -3.75. The number of nitrogens with one attached hydrogen (secondary N) is 1. The fourth-order valence-corrected chi connectivity index (χ4v) is 6.10. The normalized spacial score (nSPS) is 19.3. The van der Waals surface area contributed by atoms with Crippen LogP contribution in [-0.2, 0) is 14.8 Å². The Labute approximate surface area is 194 Å². The van der Waals surface area contributed by atoms with E-state index in [-0.39, 0.29) is 40.5 Å². The van der Waals surface area contributed by atoms with Gasteiger partial charge in [-0.15, -0.1) is 0 Å². The van der Waals surface area contributed by atoms with Gasteiger partial charge in [0.05, 0.1) is 13.0 Å². The molecule has 0 radical (unpaired) electrons. The maximum atomic E-state index is 13.3. The number of carbonyl (C=O) groups excluding carboxylic acids is 2. The highest BCUT2D eigenvalue weighted by Crippen LogP contribution is 2.31. The predicted molar refractivity (Wildman–Crippen MR) is 125 cm³/mol. The first-order valence-electron chi connectivity index (χ1n) is 11.2. The Hall–Kier alpha value is -2.91. The molecule has 0 unspecified atom stereocenters. The van der Waals surface area contributed by atoms with Crippen molar-refractivity contribution >= 4 is 27.5 Å². The second kappa shape index (κ2) is 9.93. The van der Waals surface area contributed by atoms with Gasteiger partial charge in [0.1, 0.15) is 10.6 Å². The molecule has 1 atom stereocenters. The fourth-order valence-electron chi connectivity index (χ4n) is 4.40. The maximum Gasteiger partial charge on any atom is 0.253 e. The summed E-state index contributed by atoms with van der Waals surface area (Å²) in [5.41, 5.74) is 0.996. The van der Waals surface area contributed by atoms with Gasteiger partial charge in [0.25, 0.3) is 5.91 Å². The molecule has 0 bridgehead atoms. The molecule has 0 aromatic heterocycles. The van der Waals surface area contributed by atoms with Crippen molar-refractivity contribution in [1.29, 1.82) is 0 Å². The standard InChI is InChI=1S/C24H29N3O5S/c1-32-21-12-11-18(16-22(21)33(30,31)27-14-5-6-15-27)24(29)26-13-7-8-19(17-26)23(28)25-20-9-3-2-4-10-20/h2-4,9-12,16,19H,5-8,13-15,17H2,1H3,(H,25,28)/t19-/m1/s1. The fraction of sp³-hybridized carbons (Fsp3) is 0.417. The van der Waals surface area contributed by atoms with Gasteiger partial charge in [0.15, 0.2) is 0 Å². The van der Waals surface area contributed by atoms with E-state index in [1.165, 1.54) is 23.5 Å². The van der Waals surface area contributed by atoms with Gasteiger partial charge in [-0.3, -0.25) is 9.59 Å². The number of rotatable bonds is 6. The third-order valence-corrected chi connectivity index (χ3v) is 8.13. The summed E-state index contributed by atoms with van der Waals surface area (Å²) >= 11 is 0. The summed E-state index contributed by atoms with van der Waals surface area (Å²) in [6.45, 7) is 1.74. The Morgan fingerprint density at radius 1 is 1.00 bits per heavy atom. The van der Waals surface area contributed by atoms with E-state index >= 15 is 0 Å². The van der Waals surface area contributed by atoms with E-state index in [9.17, 15) is 18.0 Å². The average molecular weight is 472 g/mol. The van der Waals surface area contributed by atoms with Crippen LogP contribution in [0.15, 0.2) is 53.4 Å². The maximum absolute atomic E-state index is 13.3. The van der Waals surface area contributed by atoms with Crippen LogP contribution in [0.5, 0.6) is 5.75 Å². The molecule has 33 heavy (non-hydrogen) atoms. The van der Waals surface area contributed by atoms with Crippen molar-refractivity contribution in [3.05, 3.63) is 54.1 Å². The lowest BCUT2D eigenvalue weighted by molar-refractivity contribution is -0.121. The molecule has 0 spiro atoms. The zero-order valence-corrected chi connectivity index (χ0v) is 19.5. The molecule has 9 heteroatoms. The number of amides is 2. The first kappa shape index (κ1) is 23.3. The van der Waals surface area contributed by atoms with Crippen LogP contribution in [0.2, 0.25) is 0 Å². The summed E-state index contributed by atoms with van der Waals surface area (Å²) in [5.74, 6) is -0.510. The summed E-state index contributed by atoms with van der Waals surface area (Å²) < 4.78 is 33.0. The lowest BCUT2D eigenvalue weighted by atomic mass is 9.96. The van der Waals surface area contributed by atoms with Crippen molar-refractivity contribution in [3.63, 3.8) is 0 Å². The van der Waals surface area contributed by atoms with Crippen molar-refractivity contribution in [2.45, 2.75) is 30.6 Å². The molecule has 2 aromatic carbocycles. The molecule has 176 valence electrons. The van der Waals surface area contributed by atoms with Gasteiger partial charge in [-0.2, -0.15) is 4.31 Å². The van der Waals surface area contributed by atoms with Gasteiger partial charge in [0.2, 0.25) is 15.9 Å². The highest BCUT2D eigenvalue weighted by Gasteiger charge is 2.33. The van der Waals surface area contributed by atoms with Crippen LogP contribution in [0, 0.1) is 5.92 Å². The molecule has 2 aromatic rings. The minimum Gasteiger partial charge on any atom is -0.495 e. The molecule has 2 heterocycles. The Morgan fingerprint density at radius 2 is 1.73 bits per heavy atom. The lowest BCUT2D eigenvalue weighted by Crippen LogP contribution is -2.43. The number of likely N-dealkylation sites (tertiary alicyclic amines) is 1. The number of methoxy groups -OCH3 is 1. The molecular weight excluding hydrogens is 442 g/mol. The third kappa shape index (κ3) is 5.04. The zero-order valence-electron chi connectivity index (χ0n) is 18.7. The first-order valence-corrected chi connectivity index (χ1v) is 12.7. The highest BCUT2D eigenvalue weighted by molar-refractivity contribution is 7.89. The van der Waals surface area contributed by atoms with E-state index in [0.717, 1.165) is 18.5 Å². The summed E-state index contributed by atoms with van der Waals surface area (Å²) in [6, 6.07) is 13.7.